The number of amides is 1. The van der Waals surface area contributed by atoms with Gasteiger partial charge < -0.3 is 14.8 Å². The Morgan fingerprint density at radius 1 is 0.970 bits per heavy atom. The van der Waals surface area contributed by atoms with Crippen LogP contribution in [-0.4, -0.2) is 24.6 Å². The van der Waals surface area contributed by atoms with E-state index in [1.807, 2.05) is 61.5 Å². The molecule has 1 amide bonds. The molecule has 1 N–H and O–H groups in total. The zero-order valence-electron chi connectivity index (χ0n) is 19.1. The Morgan fingerprint density at radius 3 is 2.48 bits per heavy atom. The largest absolute Gasteiger partial charge is 0.493 e. The van der Waals surface area contributed by atoms with Crippen molar-refractivity contribution in [2.24, 2.45) is 0 Å². The monoisotopic (exact) mass is 458 g/mol. The van der Waals surface area contributed by atoms with Gasteiger partial charge in [-0.1, -0.05) is 29.8 Å². The molecule has 1 aromatic heterocycles. The summed E-state index contributed by atoms with van der Waals surface area (Å²) in [5.41, 5.74) is 6.37. The maximum Gasteiger partial charge on any atom is 0.262 e. The highest BCUT2D eigenvalue weighted by Crippen LogP contribution is 2.30. The van der Waals surface area contributed by atoms with E-state index in [1.54, 1.807) is 18.4 Å². The molecule has 0 spiro atoms. The van der Waals surface area contributed by atoms with Crippen molar-refractivity contribution in [3.8, 4) is 11.5 Å². The van der Waals surface area contributed by atoms with Crippen molar-refractivity contribution < 1.29 is 14.3 Å². The lowest BCUT2D eigenvalue weighted by molar-refractivity contribution is -0.118. The Bertz CT molecular complexity index is 1280. The van der Waals surface area contributed by atoms with Gasteiger partial charge in [-0.3, -0.25) is 4.79 Å². The topological polar surface area (TPSA) is 60.5 Å². The van der Waals surface area contributed by atoms with Crippen LogP contribution < -0.4 is 14.8 Å². The summed E-state index contributed by atoms with van der Waals surface area (Å²) in [5.74, 6) is 0.849. The van der Waals surface area contributed by atoms with Crippen molar-refractivity contribution in [2.45, 2.75) is 20.8 Å². The summed E-state index contributed by atoms with van der Waals surface area (Å²) >= 11 is 1.67. The van der Waals surface area contributed by atoms with Crippen LogP contribution in [0, 0.1) is 20.8 Å². The third kappa shape index (κ3) is 5.59. The first-order valence-corrected chi connectivity index (χ1v) is 11.5. The first-order chi connectivity index (χ1) is 15.9. The minimum Gasteiger partial charge on any atom is -0.493 e. The number of hydrogen-bond donors (Lipinski definition) is 1. The lowest BCUT2D eigenvalue weighted by atomic mass is 10.1. The number of thiazole rings is 1. The number of carbonyl (C=O) groups excluding carboxylic acids is 1. The molecule has 4 aromatic rings. The van der Waals surface area contributed by atoms with Gasteiger partial charge in [0.15, 0.2) is 18.1 Å². The normalized spacial score (nSPS) is 11.2. The van der Waals surface area contributed by atoms with Gasteiger partial charge in [0.05, 0.1) is 17.3 Å². The highest BCUT2D eigenvalue weighted by atomic mass is 32.1. The molecular weight excluding hydrogens is 432 g/mol. The smallest absolute Gasteiger partial charge is 0.262 e. The van der Waals surface area contributed by atoms with E-state index in [0.29, 0.717) is 11.5 Å². The van der Waals surface area contributed by atoms with Crippen LogP contribution in [0.5, 0.6) is 11.5 Å². The van der Waals surface area contributed by atoms with E-state index in [9.17, 15) is 4.79 Å². The Hall–Kier alpha value is -3.64. The number of methoxy groups -OCH3 is 1. The number of fused-ring (bicyclic) bond motifs is 1. The summed E-state index contributed by atoms with van der Waals surface area (Å²) < 4.78 is 12.4. The molecular formula is C27H26N2O3S. The molecule has 0 radical (unpaired) electrons. The van der Waals surface area contributed by atoms with Crippen molar-refractivity contribution >= 4 is 45.3 Å². The molecule has 0 saturated heterocycles. The van der Waals surface area contributed by atoms with Crippen LogP contribution >= 0.6 is 11.3 Å². The molecule has 3 aromatic carbocycles. The summed E-state index contributed by atoms with van der Waals surface area (Å²) in [4.78, 5) is 16.9. The lowest BCUT2D eigenvalue weighted by Gasteiger charge is -2.11. The SMILES string of the molecule is COc1cc(/C=C/c2nc3cc(C)c(C)cc3s2)ccc1OCC(=O)Nc1ccc(C)cc1. The first kappa shape index (κ1) is 22.6. The van der Waals surface area contributed by atoms with E-state index in [4.69, 9.17) is 14.5 Å². The van der Waals surface area contributed by atoms with E-state index < -0.39 is 0 Å². The van der Waals surface area contributed by atoms with Crippen LogP contribution in [0.1, 0.15) is 27.3 Å². The number of aromatic nitrogens is 1. The molecule has 1 heterocycles. The summed E-state index contributed by atoms with van der Waals surface area (Å²) in [6, 6.07) is 17.5. The predicted molar refractivity (Wildman–Crippen MR) is 136 cm³/mol. The molecule has 0 aliphatic heterocycles. The van der Waals surface area contributed by atoms with Gasteiger partial charge in [-0.25, -0.2) is 4.98 Å². The van der Waals surface area contributed by atoms with Gasteiger partial charge in [-0.05, 0) is 79.9 Å². The number of nitrogens with zero attached hydrogens (tertiary/aromatic N) is 1. The molecule has 4 rings (SSSR count). The van der Waals surface area contributed by atoms with Crippen LogP contribution in [0.4, 0.5) is 5.69 Å². The number of nitrogens with one attached hydrogen (secondary N) is 1. The second-order valence-corrected chi connectivity index (χ2v) is 8.97. The van der Waals surface area contributed by atoms with Crippen molar-refractivity contribution in [1.82, 2.24) is 4.98 Å². The maximum atomic E-state index is 12.2. The molecule has 33 heavy (non-hydrogen) atoms. The van der Waals surface area contributed by atoms with E-state index >= 15 is 0 Å². The van der Waals surface area contributed by atoms with E-state index in [2.05, 4.69) is 31.3 Å². The maximum absolute atomic E-state index is 12.2. The number of carbonyl (C=O) groups is 1. The molecule has 0 aliphatic rings. The molecule has 0 bridgehead atoms. The van der Waals surface area contributed by atoms with Crippen LogP contribution in [0.15, 0.2) is 54.6 Å². The number of benzene rings is 3. The van der Waals surface area contributed by atoms with Gasteiger partial charge in [0.2, 0.25) is 0 Å². The Morgan fingerprint density at radius 2 is 1.73 bits per heavy atom. The van der Waals surface area contributed by atoms with Crippen molar-refractivity contribution in [3.05, 3.63) is 81.9 Å². The van der Waals surface area contributed by atoms with Gasteiger partial charge in [-0.15, -0.1) is 11.3 Å². The minimum atomic E-state index is -0.230. The lowest BCUT2D eigenvalue weighted by Crippen LogP contribution is -2.20. The van der Waals surface area contributed by atoms with E-state index in [-0.39, 0.29) is 12.5 Å². The number of aryl methyl sites for hydroxylation is 3. The fraction of sp³-hybridized carbons (Fsp3) is 0.185. The fourth-order valence-corrected chi connectivity index (χ4v) is 4.27. The second kappa shape index (κ2) is 9.88. The quantitative estimate of drug-likeness (QED) is 0.347. The average Bonchev–Trinajstić information content (AvgIpc) is 3.19. The summed E-state index contributed by atoms with van der Waals surface area (Å²) in [6.45, 7) is 6.11. The van der Waals surface area contributed by atoms with Crippen molar-refractivity contribution in [1.29, 1.82) is 0 Å². The average molecular weight is 459 g/mol. The van der Waals surface area contributed by atoms with Crippen LogP contribution in [0.2, 0.25) is 0 Å². The standard InChI is InChI=1S/C27H26N2O3S/c1-17-5-9-21(10-6-17)28-26(30)16-32-23-11-7-20(15-24(23)31-4)8-12-27-29-22-13-18(2)19(3)14-25(22)33-27/h5-15H,16H2,1-4H3,(H,28,30)/b12-8+. The van der Waals surface area contributed by atoms with Gasteiger partial charge in [0.25, 0.3) is 5.91 Å². The van der Waals surface area contributed by atoms with Gasteiger partial charge in [-0.2, -0.15) is 0 Å². The predicted octanol–water partition coefficient (Wildman–Crippen LogP) is 6.42. The zero-order chi connectivity index (χ0) is 23.4. The summed E-state index contributed by atoms with van der Waals surface area (Å²) in [5, 5.41) is 3.77. The number of hydrogen-bond acceptors (Lipinski definition) is 5. The number of anilines is 1. The Balaban J connectivity index is 1.42. The summed E-state index contributed by atoms with van der Waals surface area (Å²) in [6.07, 6.45) is 3.99. The molecule has 0 aliphatic carbocycles. The molecule has 6 heteroatoms. The highest BCUT2D eigenvalue weighted by Gasteiger charge is 2.09. The third-order valence-electron chi connectivity index (χ3n) is 5.32. The van der Waals surface area contributed by atoms with Gasteiger partial charge in [0.1, 0.15) is 5.01 Å². The molecule has 0 unspecified atom stereocenters. The molecule has 168 valence electrons. The van der Waals surface area contributed by atoms with Crippen molar-refractivity contribution in [2.75, 3.05) is 19.0 Å². The Kier molecular flexibility index (Phi) is 6.75. The zero-order valence-corrected chi connectivity index (χ0v) is 20.0. The van der Waals surface area contributed by atoms with Crippen LogP contribution in [0.25, 0.3) is 22.4 Å². The number of rotatable bonds is 7. The van der Waals surface area contributed by atoms with Gasteiger partial charge in [0, 0.05) is 5.69 Å². The highest BCUT2D eigenvalue weighted by molar-refractivity contribution is 7.19. The van der Waals surface area contributed by atoms with E-state index in [1.165, 1.54) is 15.8 Å². The van der Waals surface area contributed by atoms with Crippen LogP contribution in [0.3, 0.4) is 0 Å². The van der Waals surface area contributed by atoms with Crippen LogP contribution in [-0.2, 0) is 4.79 Å². The summed E-state index contributed by atoms with van der Waals surface area (Å²) in [7, 11) is 1.58. The molecule has 5 nitrogen and oxygen atoms in total. The van der Waals surface area contributed by atoms with Gasteiger partial charge >= 0.3 is 0 Å². The van der Waals surface area contributed by atoms with Crippen molar-refractivity contribution in [3.63, 3.8) is 0 Å². The fourth-order valence-electron chi connectivity index (χ4n) is 3.32. The third-order valence-corrected chi connectivity index (χ3v) is 6.30. The Labute approximate surface area is 197 Å². The van der Waals surface area contributed by atoms with E-state index in [0.717, 1.165) is 27.3 Å². The molecule has 0 saturated carbocycles. The second-order valence-electron chi connectivity index (χ2n) is 7.90. The molecule has 0 fully saturated rings. The molecule has 0 atom stereocenters. The first-order valence-electron chi connectivity index (χ1n) is 10.6. The minimum absolute atomic E-state index is 0.107. The number of ether oxygens (including phenoxy) is 2.